The molecule has 1 aromatic heterocycles. The zero-order valence-electron chi connectivity index (χ0n) is 8.36. The molecule has 14 heavy (non-hydrogen) atoms. The second-order valence-corrected chi connectivity index (χ2v) is 3.25. The van der Waals surface area contributed by atoms with Crippen LogP contribution in [0.3, 0.4) is 0 Å². The molecule has 4 nitrogen and oxygen atoms in total. The van der Waals surface area contributed by atoms with E-state index < -0.39 is 5.97 Å². The first-order valence-corrected chi connectivity index (χ1v) is 4.79. The molecule has 1 heterocycles. The van der Waals surface area contributed by atoms with Crippen molar-refractivity contribution in [3.05, 3.63) is 24.0 Å². The van der Waals surface area contributed by atoms with E-state index in [2.05, 4.69) is 16.8 Å². The van der Waals surface area contributed by atoms with E-state index in [1.807, 2.05) is 18.5 Å². The zero-order valence-corrected chi connectivity index (χ0v) is 8.36. The number of carboxylic acids is 1. The summed E-state index contributed by atoms with van der Waals surface area (Å²) in [6, 6.07) is 2.00. The van der Waals surface area contributed by atoms with Gasteiger partial charge in [-0.1, -0.05) is 6.92 Å². The highest BCUT2D eigenvalue weighted by atomic mass is 16.4. The van der Waals surface area contributed by atoms with Crippen LogP contribution in [0.5, 0.6) is 0 Å². The third-order valence-corrected chi connectivity index (χ3v) is 1.90. The Morgan fingerprint density at radius 2 is 2.43 bits per heavy atom. The number of hydrogen-bond donors (Lipinski definition) is 2. The SMILES string of the molecule is CCCn1ccc(CNCC(=O)O)c1. The van der Waals surface area contributed by atoms with Crippen LogP contribution in [-0.4, -0.2) is 22.2 Å². The lowest BCUT2D eigenvalue weighted by atomic mass is 10.3. The van der Waals surface area contributed by atoms with Gasteiger partial charge in [0, 0.05) is 25.5 Å². The summed E-state index contributed by atoms with van der Waals surface area (Å²) in [6.45, 7) is 3.77. The number of aliphatic carboxylic acids is 1. The van der Waals surface area contributed by atoms with Gasteiger partial charge in [0.05, 0.1) is 6.54 Å². The monoisotopic (exact) mass is 196 g/mol. The first-order valence-electron chi connectivity index (χ1n) is 4.79. The number of nitrogens with zero attached hydrogens (tertiary/aromatic N) is 1. The molecule has 0 fully saturated rings. The Labute approximate surface area is 83.5 Å². The molecule has 0 aliphatic carbocycles. The average Bonchev–Trinajstić information content (AvgIpc) is 2.53. The number of rotatable bonds is 6. The second kappa shape index (κ2) is 5.44. The minimum absolute atomic E-state index is 0.0129. The summed E-state index contributed by atoms with van der Waals surface area (Å²) in [5.41, 5.74) is 1.12. The number of aromatic nitrogens is 1. The fraction of sp³-hybridized carbons (Fsp3) is 0.500. The first-order chi connectivity index (χ1) is 6.72. The quantitative estimate of drug-likeness (QED) is 0.715. The molecule has 2 N–H and O–H groups in total. The van der Waals surface area contributed by atoms with Crippen molar-refractivity contribution in [2.45, 2.75) is 26.4 Å². The van der Waals surface area contributed by atoms with E-state index in [1.165, 1.54) is 0 Å². The highest BCUT2D eigenvalue weighted by Crippen LogP contribution is 2.01. The number of hydrogen-bond acceptors (Lipinski definition) is 2. The van der Waals surface area contributed by atoms with Crippen LogP contribution in [0.1, 0.15) is 18.9 Å². The average molecular weight is 196 g/mol. The lowest BCUT2D eigenvalue weighted by molar-refractivity contribution is -0.135. The van der Waals surface area contributed by atoms with Gasteiger partial charge in [0.2, 0.25) is 0 Å². The normalized spacial score (nSPS) is 10.4. The molecular formula is C10H16N2O2. The molecule has 78 valence electrons. The van der Waals surface area contributed by atoms with Gasteiger partial charge >= 0.3 is 5.97 Å². The number of aryl methyl sites for hydroxylation is 1. The van der Waals surface area contributed by atoms with E-state index in [0.29, 0.717) is 6.54 Å². The standard InChI is InChI=1S/C10H16N2O2/c1-2-4-12-5-3-9(8-12)6-11-7-10(13)14/h3,5,8,11H,2,4,6-7H2,1H3,(H,13,14). The fourth-order valence-electron chi connectivity index (χ4n) is 1.31. The maximum absolute atomic E-state index is 10.2. The predicted octanol–water partition coefficient (Wildman–Crippen LogP) is 1.07. The first kappa shape index (κ1) is 10.8. The zero-order chi connectivity index (χ0) is 10.4. The molecule has 0 aliphatic rings. The van der Waals surface area contributed by atoms with Crippen molar-refractivity contribution >= 4 is 5.97 Å². The van der Waals surface area contributed by atoms with Gasteiger partial charge in [0.1, 0.15) is 0 Å². The van der Waals surface area contributed by atoms with Crippen molar-refractivity contribution in [3.63, 3.8) is 0 Å². The van der Waals surface area contributed by atoms with Crippen molar-refractivity contribution in [1.82, 2.24) is 9.88 Å². The Bertz CT molecular complexity index is 294. The molecule has 4 heteroatoms. The number of carbonyl (C=O) groups is 1. The lowest BCUT2D eigenvalue weighted by Gasteiger charge is -1.99. The van der Waals surface area contributed by atoms with Crippen LogP contribution in [-0.2, 0) is 17.9 Å². The highest BCUT2D eigenvalue weighted by Gasteiger charge is 1.98. The summed E-state index contributed by atoms with van der Waals surface area (Å²) in [5.74, 6) is -0.821. The van der Waals surface area contributed by atoms with Crippen molar-refractivity contribution in [1.29, 1.82) is 0 Å². The van der Waals surface area contributed by atoms with Gasteiger partial charge in [0.25, 0.3) is 0 Å². The third-order valence-electron chi connectivity index (χ3n) is 1.90. The van der Waals surface area contributed by atoms with Gasteiger partial charge in [0.15, 0.2) is 0 Å². The van der Waals surface area contributed by atoms with E-state index >= 15 is 0 Å². The Kier molecular flexibility index (Phi) is 4.19. The van der Waals surface area contributed by atoms with Gasteiger partial charge in [-0.3, -0.25) is 4.79 Å². The molecule has 0 aliphatic heterocycles. The minimum atomic E-state index is -0.821. The van der Waals surface area contributed by atoms with E-state index in [4.69, 9.17) is 5.11 Å². The van der Waals surface area contributed by atoms with Gasteiger partial charge in [-0.05, 0) is 18.1 Å². The summed E-state index contributed by atoms with van der Waals surface area (Å²) in [7, 11) is 0. The fourth-order valence-corrected chi connectivity index (χ4v) is 1.31. The van der Waals surface area contributed by atoms with E-state index in [1.54, 1.807) is 0 Å². The lowest BCUT2D eigenvalue weighted by Crippen LogP contribution is -2.21. The minimum Gasteiger partial charge on any atom is -0.480 e. The number of nitrogens with one attached hydrogen (secondary N) is 1. The molecular weight excluding hydrogens is 180 g/mol. The molecule has 0 bridgehead atoms. The van der Waals surface area contributed by atoms with Gasteiger partial charge in [-0.15, -0.1) is 0 Å². The van der Waals surface area contributed by atoms with Crippen molar-refractivity contribution in [2.24, 2.45) is 0 Å². The summed E-state index contributed by atoms with van der Waals surface area (Å²) >= 11 is 0. The molecule has 0 unspecified atom stereocenters. The van der Waals surface area contributed by atoms with Crippen LogP contribution in [0.25, 0.3) is 0 Å². The van der Waals surface area contributed by atoms with E-state index in [-0.39, 0.29) is 6.54 Å². The Morgan fingerprint density at radius 3 is 3.07 bits per heavy atom. The highest BCUT2D eigenvalue weighted by molar-refractivity contribution is 5.68. The third kappa shape index (κ3) is 3.62. The maximum Gasteiger partial charge on any atom is 0.317 e. The van der Waals surface area contributed by atoms with Crippen molar-refractivity contribution in [2.75, 3.05) is 6.54 Å². The molecule has 0 saturated heterocycles. The molecule has 0 spiro atoms. The van der Waals surface area contributed by atoms with Crippen LogP contribution in [0, 0.1) is 0 Å². The second-order valence-electron chi connectivity index (χ2n) is 3.25. The maximum atomic E-state index is 10.2. The Hall–Kier alpha value is -1.29. The van der Waals surface area contributed by atoms with Crippen LogP contribution in [0.15, 0.2) is 18.5 Å². The van der Waals surface area contributed by atoms with Crippen LogP contribution in [0.4, 0.5) is 0 Å². The predicted molar refractivity (Wildman–Crippen MR) is 54.1 cm³/mol. The van der Waals surface area contributed by atoms with Crippen molar-refractivity contribution < 1.29 is 9.90 Å². The van der Waals surface area contributed by atoms with E-state index in [0.717, 1.165) is 18.5 Å². The Balaban J connectivity index is 2.32. The van der Waals surface area contributed by atoms with Gasteiger partial charge < -0.3 is 15.0 Å². The number of carboxylic acid groups (broad SMARTS) is 1. The van der Waals surface area contributed by atoms with E-state index in [9.17, 15) is 4.79 Å². The summed E-state index contributed by atoms with van der Waals surface area (Å²) in [5, 5.41) is 11.3. The molecule has 1 rings (SSSR count). The molecule has 0 amide bonds. The summed E-state index contributed by atoms with van der Waals surface area (Å²) < 4.78 is 2.11. The largest absolute Gasteiger partial charge is 0.480 e. The molecule has 0 atom stereocenters. The van der Waals surface area contributed by atoms with Crippen molar-refractivity contribution in [3.8, 4) is 0 Å². The van der Waals surface area contributed by atoms with Gasteiger partial charge in [-0.2, -0.15) is 0 Å². The molecule has 0 aromatic carbocycles. The van der Waals surface area contributed by atoms with Gasteiger partial charge in [-0.25, -0.2) is 0 Å². The summed E-state index contributed by atoms with van der Waals surface area (Å²) in [4.78, 5) is 10.2. The van der Waals surface area contributed by atoms with Crippen LogP contribution < -0.4 is 5.32 Å². The smallest absolute Gasteiger partial charge is 0.317 e. The molecule has 0 radical (unpaired) electrons. The molecule has 1 aromatic rings. The Morgan fingerprint density at radius 1 is 1.64 bits per heavy atom. The topological polar surface area (TPSA) is 54.3 Å². The molecule has 0 saturated carbocycles. The van der Waals surface area contributed by atoms with Crippen LogP contribution in [0.2, 0.25) is 0 Å². The van der Waals surface area contributed by atoms with Crippen LogP contribution >= 0.6 is 0 Å². The summed E-state index contributed by atoms with van der Waals surface area (Å²) in [6.07, 6.45) is 5.16.